The van der Waals surface area contributed by atoms with Crippen molar-refractivity contribution in [2.45, 2.75) is 12.8 Å². The first-order chi connectivity index (χ1) is 12.6. The predicted octanol–water partition coefficient (Wildman–Crippen LogP) is 1.38. The molecule has 4 atom stereocenters. The molecule has 26 heavy (non-hydrogen) atoms. The molecule has 1 aliphatic heterocycles. The summed E-state index contributed by atoms with van der Waals surface area (Å²) in [5.74, 6) is -0.0178. The number of nitrogens with zero attached hydrogens (tertiary/aromatic N) is 1. The number of para-hydroxylation sites is 1. The molecule has 3 amide bonds. The molecule has 1 aromatic rings. The molecule has 1 saturated carbocycles. The normalized spacial score (nSPS) is 28.5. The van der Waals surface area contributed by atoms with Crippen molar-refractivity contribution in [3.8, 4) is 5.75 Å². The minimum absolute atomic E-state index is 0.171. The van der Waals surface area contributed by atoms with Gasteiger partial charge in [-0.3, -0.25) is 19.3 Å². The Labute approximate surface area is 152 Å². The third-order valence-corrected chi connectivity index (χ3v) is 5.52. The molecular formula is C20H22N2O4. The van der Waals surface area contributed by atoms with Crippen molar-refractivity contribution < 1.29 is 19.1 Å². The largest absolute Gasteiger partial charge is 0.494 e. The van der Waals surface area contributed by atoms with Crippen LogP contribution in [0.15, 0.2) is 42.5 Å². The van der Waals surface area contributed by atoms with Crippen molar-refractivity contribution in [3.05, 3.63) is 42.5 Å². The van der Waals surface area contributed by atoms with Gasteiger partial charge in [-0.1, -0.05) is 30.4 Å². The molecule has 0 radical (unpaired) electrons. The lowest BCUT2D eigenvalue weighted by molar-refractivity contribution is -0.144. The van der Waals surface area contributed by atoms with E-state index in [-0.39, 0.29) is 47.9 Å². The fraction of sp³-hybridized carbons (Fsp3) is 0.450. The summed E-state index contributed by atoms with van der Waals surface area (Å²) < 4.78 is 5.56. The van der Waals surface area contributed by atoms with Gasteiger partial charge in [-0.05, 0) is 36.8 Å². The number of fused-ring (bicyclic) bond motifs is 5. The summed E-state index contributed by atoms with van der Waals surface area (Å²) in [6.45, 7) is 0.760. The summed E-state index contributed by atoms with van der Waals surface area (Å²) in [7, 11) is 0. The van der Waals surface area contributed by atoms with Crippen LogP contribution in [0.3, 0.4) is 0 Å². The highest BCUT2D eigenvalue weighted by atomic mass is 16.5. The van der Waals surface area contributed by atoms with Gasteiger partial charge in [0.15, 0.2) is 0 Å². The van der Waals surface area contributed by atoms with E-state index in [4.69, 9.17) is 4.74 Å². The summed E-state index contributed by atoms with van der Waals surface area (Å²) in [6.07, 6.45) is 5.65. The van der Waals surface area contributed by atoms with Crippen LogP contribution in [0.5, 0.6) is 5.75 Å². The topological polar surface area (TPSA) is 75.7 Å². The standard InChI is InChI=1S/C20H22N2O4/c23-16(21-9-4-10-26-15-5-2-1-3-6-15)12-22-19(24)17-13-7-8-14(11-13)18(17)20(22)25/h1-3,5-8,13-14,17-18H,4,9-12H2,(H,21,23). The minimum Gasteiger partial charge on any atom is -0.494 e. The number of ether oxygens (including phenoxy) is 1. The third kappa shape index (κ3) is 3.00. The molecule has 6 nitrogen and oxygen atoms in total. The summed E-state index contributed by atoms with van der Waals surface area (Å²) in [4.78, 5) is 38.3. The fourth-order valence-corrected chi connectivity index (χ4v) is 4.33. The second-order valence-corrected chi connectivity index (χ2v) is 7.13. The van der Waals surface area contributed by atoms with Crippen LogP contribution in [0.25, 0.3) is 0 Å². The maximum Gasteiger partial charge on any atom is 0.240 e. The molecule has 0 aromatic heterocycles. The Hall–Kier alpha value is -2.63. The average molecular weight is 354 g/mol. The van der Waals surface area contributed by atoms with Gasteiger partial charge in [-0.2, -0.15) is 0 Å². The lowest BCUT2D eigenvalue weighted by atomic mass is 9.85. The molecule has 0 spiro atoms. The highest BCUT2D eigenvalue weighted by Crippen LogP contribution is 2.52. The van der Waals surface area contributed by atoms with E-state index in [0.717, 1.165) is 17.1 Å². The van der Waals surface area contributed by atoms with Crippen molar-refractivity contribution in [1.82, 2.24) is 10.2 Å². The number of imide groups is 1. The summed E-state index contributed by atoms with van der Waals surface area (Å²) in [5.41, 5.74) is 0. The lowest BCUT2D eigenvalue weighted by Crippen LogP contribution is -2.42. The number of likely N-dealkylation sites (tertiary alicyclic amines) is 1. The molecule has 1 N–H and O–H groups in total. The highest BCUT2D eigenvalue weighted by molar-refractivity contribution is 6.08. The Kier molecular flexibility index (Phi) is 4.49. The van der Waals surface area contributed by atoms with Gasteiger partial charge in [0.25, 0.3) is 0 Å². The fourth-order valence-electron chi connectivity index (χ4n) is 4.33. The van der Waals surface area contributed by atoms with E-state index in [9.17, 15) is 14.4 Å². The van der Waals surface area contributed by atoms with Gasteiger partial charge < -0.3 is 10.1 Å². The van der Waals surface area contributed by atoms with E-state index in [0.29, 0.717) is 19.6 Å². The number of rotatable bonds is 7. The Bertz CT molecular complexity index is 715. The van der Waals surface area contributed by atoms with E-state index < -0.39 is 0 Å². The zero-order valence-corrected chi connectivity index (χ0v) is 14.5. The van der Waals surface area contributed by atoms with E-state index in [1.165, 1.54) is 0 Å². The van der Waals surface area contributed by atoms with E-state index in [1.807, 2.05) is 42.5 Å². The maximum atomic E-state index is 12.5. The number of nitrogens with one attached hydrogen (secondary N) is 1. The van der Waals surface area contributed by atoms with Gasteiger partial charge in [0.1, 0.15) is 12.3 Å². The molecule has 2 aliphatic carbocycles. The lowest BCUT2D eigenvalue weighted by Gasteiger charge is -2.16. The van der Waals surface area contributed by atoms with Crippen molar-refractivity contribution in [3.63, 3.8) is 0 Å². The predicted molar refractivity (Wildman–Crippen MR) is 94.0 cm³/mol. The Morgan fingerprint density at radius 3 is 2.38 bits per heavy atom. The van der Waals surface area contributed by atoms with Gasteiger partial charge >= 0.3 is 0 Å². The maximum absolute atomic E-state index is 12.5. The number of amides is 3. The van der Waals surface area contributed by atoms with Crippen molar-refractivity contribution >= 4 is 17.7 Å². The first-order valence-electron chi connectivity index (χ1n) is 9.13. The van der Waals surface area contributed by atoms with Gasteiger partial charge in [0.2, 0.25) is 17.7 Å². The summed E-state index contributed by atoms with van der Waals surface area (Å²) in [5, 5.41) is 2.76. The second kappa shape index (κ2) is 6.94. The monoisotopic (exact) mass is 354 g/mol. The van der Waals surface area contributed by atoms with Gasteiger partial charge in [-0.25, -0.2) is 0 Å². The first-order valence-corrected chi connectivity index (χ1v) is 9.13. The third-order valence-electron chi connectivity index (χ3n) is 5.52. The van der Waals surface area contributed by atoms with Crippen molar-refractivity contribution in [2.75, 3.05) is 19.7 Å². The zero-order chi connectivity index (χ0) is 18.1. The zero-order valence-electron chi connectivity index (χ0n) is 14.5. The number of carbonyl (C=O) groups excluding carboxylic acids is 3. The number of hydrogen-bond acceptors (Lipinski definition) is 4. The molecular weight excluding hydrogens is 332 g/mol. The summed E-state index contributed by atoms with van der Waals surface area (Å²) in [6, 6.07) is 9.48. The molecule has 1 aromatic carbocycles. The molecule has 4 unspecified atom stereocenters. The van der Waals surface area contributed by atoms with Crippen LogP contribution < -0.4 is 10.1 Å². The van der Waals surface area contributed by atoms with Crippen molar-refractivity contribution in [1.29, 1.82) is 0 Å². The van der Waals surface area contributed by atoms with Crippen LogP contribution >= 0.6 is 0 Å². The smallest absolute Gasteiger partial charge is 0.240 e. The molecule has 2 bridgehead atoms. The van der Waals surface area contributed by atoms with E-state index >= 15 is 0 Å². The van der Waals surface area contributed by atoms with Crippen LogP contribution in [0, 0.1) is 23.7 Å². The van der Waals surface area contributed by atoms with Gasteiger partial charge in [0.05, 0.1) is 18.4 Å². The molecule has 4 rings (SSSR count). The van der Waals surface area contributed by atoms with Crippen LogP contribution in [0.2, 0.25) is 0 Å². The summed E-state index contributed by atoms with van der Waals surface area (Å²) >= 11 is 0. The Morgan fingerprint density at radius 2 is 1.73 bits per heavy atom. The first kappa shape index (κ1) is 16.8. The SMILES string of the molecule is O=C(CN1C(=O)C2C3C=CC(C3)C2C1=O)NCCCOc1ccccc1. The molecule has 1 heterocycles. The molecule has 136 valence electrons. The van der Waals surface area contributed by atoms with Crippen LogP contribution in [0.1, 0.15) is 12.8 Å². The highest BCUT2D eigenvalue weighted by Gasteiger charge is 2.59. The Morgan fingerprint density at radius 1 is 1.08 bits per heavy atom. The number of allylic oxidation sites excluding steroid dienone is 2. The van der Waals surface area contributed by atoms with Crippen molar-refractivity contribution in [2.24, 2.45) is 23.7 Å². The van der Waals surface area contributed by atoms with Gasteiger partial charge in [-0.15, -0.1) is 0 Å². The number of carbonyl (C=O) groups is 3. The van der Waals surface area contributed by atoms with Gasteiger partial charge in [0, 0.05) is 6.54 Å². The van der Waals surface area contributed by atoms with E-state index in [1.54, 1.807) is 0 Å². The number of hydrogen-bond donors (Lipinski definition) is 1. The molecule has 1 saturated heterocycles. The van der Waals surface area contributed by atoms with Crippen LogP contribution in [-0.2, 0) is 14.4 Å². The minimum atomic E-state index is -0.299. The molecule has 6 heteroatoms. The van der Waals surface area contributed by atoms with Crippen LogP contribution in [-0.4, -0.2) is 42.3 Å². The number of benzene rings is 1. The Balaban J connectivity index is 1.21. The molecule has 2 fully saturated rings. The van der Waals surface area contributed by atoms with Crippen LogP contribution in [0.4, 0.5) is 0 Å². The molecule has 3 aliphatic rings. The second-order valence-electron chi connectivity index (χ2n) is 7.13. The quantitative estimate of drug-likeness (QED) is 0.456. The van der Waals surface area contributed by atoms with E-state index in [2.05, 4.69) is 5.32 Å². The average Bonchev–Trinajstić information content (AvgIpc) is 3.32.